The van der Waals surface area contributed by atoms with Crippen LogP contribution in [0.3, 0.4) is 0 Å². The van der Waals surface area contributed by atoms with Gasteiger partial charge in [0.05, 0.1) is 17.2 Å². The molecule has 4 heteroatoms. The van der Waals surface area contributed by atoms with Crippen molar-refractivity contribution in [3.05, 3.63) is 65.7 Å². The second kappa shape index (κ2) is 5.87. The molecular formula is C17H15FN2O. The van der Waals surface area contributed by atoms with E-state index in [-0.39, 0.29) is 5.82 Å². The molecule has 0 saturated carbocycles. The van der Waals surface area contributed by atoms with Crippen LogP contribution in [0.4, 0.5) is 4.39 Å². The highest BCUT2D eigenvalue weighted by Gasteiger charge is 2.02. The number of rotatable bonds is 4. The summed E-state index contributed by atoms with van der Waals surface area (Å²) in [6, 6.07) is 12.1. The average molecular weight is 282 g/mol. The molecule has 0 radical (unpaired) electrons. The van der Waals surface area contributed by atoms with Crippen molar-refractivity contribution in [1.29, 1.82) is 0 Å². The Bertz CT molecular complexity index is 756. The van der Waals surface area contributed by atoms with Crippen molar-refractivity contribution in [3.63, 3.8) is 0 Å². The first-order valence-electron chi connectivity index (χ1n) is 6.87. The van der Waals surface area contributed by atoms with E-state index in [1.807, 2.05) is 18.2 Å². The van der Waals surface area contributed by atoms with Gasteiger partial charge in [0, 0.05) is 11.8 Å². The number of nitrogens with zero attached hydrogens (tertiary/aromatic N) is 2. The van der Waals surface area contributed by atoms with Crippen LogP contribution in [0.15, 0.2) is 48.7 Å². The lowest BCUT2D eigenvalue weighted by Crippen LogP contribution is -1.97. The first-order valence-corrected chi connectivity index (χ1v) is 6.87. The Morgan fingerprint density at radius 1 is 1.05 bits per heavy atom. The molecular weight excluding hydrogens is 267 g/mol. The second-order valence-corrected chi connectivity index (χ2v) is 4.78. The lowest BCUT2D eigenvalue weighted by atomic mass is 10.2. The van der Waals surface area contributed by atoms with Crippen LogP contribution in [0.25, 0.3) is 11.0 Å². The maximum Gasteiger partial charge on any atom is 0.140 e. The van der Waals surface area contributed by atoms with Crippen molar-refractivity contribution >= 4 is 11.0 Å². The minimum absolute atomic E-state index is 0.248. The molecule has 0 aliphatic rings. The fraction of sp³-hybridized carbons (Fsp3) is 0.176. The number of fused-ring (bicyclic) bond motifs is 1. The Labute approximate surface area is 122 Å². The summed E-state index contributed by atoms with van der Waals surface area (Å²) < 4.78 is 18.5. The highest BCUT2D eigenvalue weighted by molar-refractivity contribution is 5.75. The summed E-state index contributed by atoms with van der Waals surface area (Å²) in [5.74, 6) is 0.412. The van der Waals surface area contributed by atoms with E-state index in [0.29, 0.717) is 12.4 Å². The van der Waals surface area contributed by atoms with Crippen LogP contribution < -0.4 is 4.74 Å². The minimum Gasteiger partial charge on any atom is -0.487 e. The Hall–Kier alpha value is -2.49. The predicted octanol–water partition coefficient (Wildman–Crippen LogP) is 3.91. The maximum atomic E-state index is 12.8. The zero-order valence-corrected chi connectivity index (χ0v) is 11.7. The number of aromatic nitrogens is 2. The van der Waals surface area contributed by atoms with Crippen LogP contribution in [0, 0.1) is 5.82 Å². The van der Waals surface area contributed by atoms with Gasteiger partial charge in [-0.1, -0.05) is 19.1 Å². The summed E-state index contributed by atoms with van der Waals surface area (Å²) in [6.45, 7) is 2.44. The molecule has 2 heterocycles. The van der Waals surface area contributed by atoms with Gasteiger partial charge in [-0.05, 0) is 36.2 Å². The lowest BCUT2D eigenvalue weighted by molar-refractivity contribution is 0.305. The van der Waals surface area contributed by atoms with Gasteiger partial charge in [0.15, 0.2) is 0 Å². The Morgan fingerprint density at radius 2 is 1.86 bits per heavy atom. The number of halogens is 1. The number of hydrogen-bond donors (Lipinski definition) is 0. The van der Waals surface area contributed by atoms with Crippen molar-refractivity contribution in [2.75, 3.05) is 0 Å². The number of hydrogen-bond acceptors (Lipinski definition) is 3. The quantitative estimate of drug-likeness (QED) is 0.727. The fourth-order valence-electron chi connectivity index (χ4n) is 2.05. The van der Waals surface area contributed by atoms with Crippen molar-refractivity contribution in [2.24, 2.45) is 0 Å². The molecule has 0 saturated heterocycles. The molecule has 106 valence electrons. The highest BCUT2D eigenvalue weighted by atomic mass is 19.1. The van der Waals surface area contributed by atoms with E-state index in [1.165, 1.54) is 12.1 Å². The fourth-order valence-corrected chi connectivity index (χ4v) is 2.05. The highest BCUT2D eigenvalue weighted by Crippen LogP contribution is 2.18. The number of aryl methyl sites for hydroxylation is 1. The monoisotopic (exact) mass is 282 g/mol. The smallest absolute Gasteiger partial charge is 0.140 e. The molecule has 0 atom stereocenters. The summed E-state index contributed by atoms with van der Waals surface area (Å²) in [5.41, 5.74) is 3.61. The molecule has 0 amide bonds. The summed E-state index contributed by atoms with van der Waals surface area (Å²) in [4.78, 5) is 8.86. The molecule has 0 unspecified atom stereocenters. The van der Waals surface area contributed by atoms with Gasteiger partial charge in [-0.25, -0.2) is 4.39 Å². The van der Waals surface area contributed by atoms with Crippen LogP contribution in [-0.4, -0.2) is 9.97 Å². The van der Waals surface area contributed by atoms with E-state index in [4.69, 9.17) is 4.74 Å². The van der Waals surface area contributed by atoms with E-state index in [2.05, 4.69) is 16.9 Å². The van der Waals surface area contributed by atoms with Gasteiger partial charge in [0.1, 0.15) is 18.2 Å². The number of pyridine rings is 2. The molecule has 0 aliphatic heterocycles. The third-order valence-electron chi connectivity index (χ3n) is 3.25. The van der Waals surface area contributed by atoms with Crippen LogP contribution in [0.2, 0.25) is 0 Å². The summed E-state index contributed by atoms with van der Waals surface area (Å²) in [7, 11) is 0. The molecule has 0 spiro atoms. The zero-order valence-electron chi connectivity index (χ0n) is 11.7. The van der Waals surface area contributed by atoms with E-state index < -0.39 is 0 Å². The molecule has 1 aromatic carbocycles. The van der Waals surface area contributed by atoms with Crippen molar-refractivity contribution in [3.8, 4) is 5.75 Å². The van der Waals surface area contributed by atoms with Crippen LogP contribution >= 0.6 is 0 Å². The molecule has 0 bridgehead atoms. The zero-order chi connectivity index (χ0) is 14.7. The standard InChI is InChI=1S/C17H15FN2O/c1-2-14-7-8-16-17(20-14)9-15(10-19-16)21-11-12-3-5-13(18)6-4-12/h3-10H,2,11H2,1H3. The molecule has 0 aliphatic carbocycles. The van der Waals surface area contributed by atoms with Gasteiger partial charge in [-0.3, -0.25) is 9.97 Å². The van der Waals surface area contributed by atoms with Gasteiger partial charge < -0.3 is 4.74 Å². The minimum atomic E-state index is -0.248. The topological polar surface area (TPSA) is 35.0 Å². The molecule has 0 fully saturated rings. The van der Waals surface area contributed by atoms with Gasteiger partial charge in [0.25, 0.3) is 0 Å². The third-order valence-corrected chi connectivity index (χ3v) is 3.25. The SMILES string of the molecule is CCc1ccc2ncc(OCc3ccc(F)cc3)cc2n1. The summed E-state index contributed by atoms with van der Waals surface area (Å²) >= 11 is 0. The van der Waals surface area contributed by atoms with Gasteiger partial charge >= 0.3 is 0 Å². The Balaban J connectivity index is 1.78. The van der Waals surface area contributed by atoms with Crippen molar-refractivity contribution < 1.29 is 9.13 Å². The maximum absolute atomic E-state index is 12.8. The lowest BCUT2D eigenvalue weighted by Gasteiger charge is -2.07. The van der Waals surface area contributed by atoms with Gasteiger partial charge in [-0.15, -0.1) is 0 Å². The first kappa shape index (κ1) is 13.5. The van der Waals surface area contributed by atoms with Crippen molar-refractivity contribution in [1.82, 2.24) is 9.97 Å². The third kappa shape index (κ3) is 3.16. The molecule has 3 aromatic rings. The molecule has 0 N–H and O–H groups in total. The van der Waals surface area contributed by atoms with Gasteiger partial charge in [-0.2, -0.15) is 0 Å². The normalized spacial score (nSPS) is 10.8. The van der Waals surface area contributed by atoms with E-state index >= 15 is 0 Å². The summed E-state index contributed by atoms with van der Waals surface area (Å²) in [5, 5.41) is 0. The van der Waals surface area contributed by atoms with E-state index in [1.54, 1.807) is 18.3 Å². The van der Waals surface area contributed by atoms with Crippen molar-refractivity contribution in [2.45, 2.75) is 20.0 Å². The largest absolute Gasteiger partial charge is 0.487 e. The van der Waals surface area contributed by atoms with Crippen LogP contribution in [0.5, 0.6) is 5.75 Å². The van der Waals surface area contributed by atoms with E-state index in [9.17, 15) is 4.39 Å². The molecule has 3 nitrogen and oxygen atoms in total. The predicted molar refractivity (Wildman–Crippen MR) is 79.6 cm³/mol. The van der Waals surface area contributed by atoms with Crippen LogP contribution in [0.1, 0.15) is 18.2 Å². The molecule has 21 heavy (non-hydrogen) atoms. The average Bonchev–Trinajstić information content (AvgIpc) is 2.53. The second-order valence-electron chi connectivity index (χ2n) is 4.78. The Kier molecular flexibility index (Phi) is 3.77. The molecule has 3 rings (SSSR count). The van der Waals surface area contributed by atoms with Gasteiger partial charge in [0.2, 0.25) is 0 Å². The van der Waals surface area contributed by atoms with E-state index in [0.717, 1.165) is 28.7 Å². The Morgan fingerprint density at radius 3 is 2.62 bits per heavy atom. The number of benzene rings is 1. The first-order chi connectivity index (χ1) is 10.2. The molecule has 2 aromatic heterocycles. The summed E-state index contributed by atoms with van der Waals surface area (Å²) in [6.07, 6.45) is 2.57. The number of ether oxygens (including phenoxy) is 1. The van der Waals surface area contributed by atoms with Crippen LogP contribution in [-0.2, 0) is 13.0 Å².